The Morgan fingerprint density at radius 1 is 1.42 bits per heavy atom. The zero-order valence-electron chi connectivity index (χ0n) is 11.8. The van der Waals surface area contributed by atoms with E-state index in [1.807, 2.05) is 6.92 Å². The highest BCUT2D eigenvalue weighted by atomic mass is 32.2. The molecule has 19 heavy (non-hydrogen) atoms. The molecule has 0 saturated heterocycles. The standard InChI is InChI=1S/C13H22N4OS/c1-4-8-14-12-6-5-11(16-17-12)13(18)15-10(2)7-9-19-3/h5-6,10H,4,7-9H2,1-3H3,(H,14,17)(H,15,18). The molecule has 1 aromatic rings. The third-order valence-electron chi connectivity index (χ3n) is 2.59. The van der Waals surface area contributed by atoms with E-state index >= 15 is 0 Å². The van der Waals surface area contributed by atoms with Crippen LogP contribution in [0.3, 0.4) is 0 Å². The van der Waals surface area contributed by atoms with Crippen molar-refractivity contribution in [3.8, 4) is 0 Å². The second kappa shape index (κ2) is 8.74. The van der Waals surface area contributed by atoms with Gasteiger partial charge in [-0.15, -0.1) is 10.2 Å². The van der Waals surface area contributed by atoms with Crippen LogP contribution in [-0.2, 0) is 0 Å². The Hall–Kier alpha value is -1.30. The third kappa shape index (κ3) is 5.92. The number of amides is 1. The number of thioether (sulfide) groups is 1. The Kier molecular flexibility index (Phi) is 7.25. The Labute approximate surface area is 119 Å². The van der Waals surface area contributed by atoms with E-state index in [4.69, 9.17) is 0 Å². The quantitative estimate of drug-likeness (QED) is 0.765. The summed E-state index contributed by atoms with van der Waals surface area (Å²) in [6, 6.07) is 3.63. The van der Waals surface area contributed by atoms with Gasteiger partial charge < -0.3 is 10.6 Å². The fourth-order valence-electron chi connectivity index (χ4n) is 1.47. The SMILES string of the molecule is CCCNc1ccc(C(=O)NC(C)CCSC)nn1. The Bertz CT molecular complexity index is 383. The molecule has 1 heterocycles. The molecule has 0 aliphatic carbocycles. The smallest absolute Gasteiger partial charge is 0.272 e. The number of nitrogens with one attached hydrogen (secondary N) is 2. The number of anilines is 1. The first-order chi connectivity index (χ1) is 9.17. The maximum absolute atomic E-state index is 11.9. The van der Waals surface area contributed by atoms with Gasteiger partial charge in [-0.1, -0.05) is 6.92 Å². The van der Waals surface area contributed by atoms with Gasteiger partial charge in [-0.25, -0.2) is 0 Å². The second-order valence-electron chi connectivity index (χ2n) is 4.39. The van der Waals surface area contributed by atoms with Gasteiger partial charge in [0.15, 0.2) is 5.69 Å². The molecule has 1 amide bonds. The van der Waals surface area contributed by atoms with Crippen LogP contribution in [-0.4, -0.2) is 40.7 Å². The van der Waals surface area contributed by atoms with Crippen molar-refractivity contribution in [3.05, 3.63) is 17.8 Å². The first-order valence-electron chi connectivity index (χ1n) is 6.54. The van der Waals surface area contributed by atoms with Crippen LogP contribution in [0.15, 0.2) is 12.1 Å². The lowest BCUT2D eigenvalue weighted by Crippen LogP contribution is -2.33. The van der Waals surface area contributed by atoms with Crippen molar-refractivity contribution in [1.82, 2.24) is 15.5 Å². The van der Waals surface area contributed by atoms with Crippen LogP contribution < -0.4 is 10.6 Å². The van der Waals surface area contributed by atoms with Gasteiger partial charge in [-0.3, -0.25) is 4.79 Å². The predicted octanol–water partition coefficient (Wildman–Crippen LogP) is 2.17. The number of hydrogen-bond acceptors (Lipinski definition) is 5. The molecule has 1 rings (SSSR count). The molecule has 6 heteroatoms. The van der Waals surface area contributed by atoms with Gasteiger partial charge in [0, 0.05) is 12.6 Å². The number of aromatic nitrogens is 2. The summed E-state index contributed by atoms with van der Waals surface area (Å²) in [6.07, 6.45) is 4.04. The maximum Gasteiger partial charge on any atom is 0.272 e. The van der Waals surface area contributed by atoms with Crippen LogP contribution in [0.2, 0.25) is 0 Å². The molecular formula is C13H22N4OS. The maximum atomic E-state index is 11.9. The lowest BCUT2D eigenvalue weighted by atomic mass is 10.2. The molecule has 0 aliphatic rings. The minimum atomic E-state index is -0.164. The predicted molar refractivity (Wildman–Crippen MR) is 80.7 cm³/mol. The molecule has 0 fully saturated rings. The lowest BCUT2D eigenvalue weighted by Gasteiger charge is -2.12. The summed E-state index contributed by atoms with van der Waals surface area (Å²) in [4.78, 5) is 11.9. The molecular weight excluding hydrogens is 260 g/mol. The summed E-state index contributed by atoms with van der Waals surface area (Å²) in [5.41, 5.74) is 0.359. The van der Waals surface area contributed by atoms with E-state index in [1.54, 1.807) is 23.9 Å². The Balaban J connectivity index is 2.48. The highest BCUT2D eigenvalue weighted by Crippen LogP contribution is 2.04. The average Bonchev–Trinajstić information content (AvgIpc) is 2.43. The van der Waals surface area contributed by atoms with Crippen molar-refractivity contribution in [2.24, 2.45) is 0 Å². The zero-order chi connectivity index (χ0) is 14.1. The molecule has 0 saturated carbocycles. The van der Waals surface area contributed by atoms with Gasteiger partial charge >= 0.3 is 0 Å². The van der Waals surface area contributed by atoms with Gasteiger partial charge in [-0.05, 0) is 43.9 Å². The van der Waals surface area contributed by atoms with Crippen molar-refractivity contribution in [2.75, 3.05) is 23.9 Å². The van der Waals surface area contributed by atoms with Gasteiger partial charge in [0.1, 0.15) is 5.82 Å². The fraction of sp³-hybridized carbons (Fsp3) is 0.615. The van der Waals surface area contributed by atoms with Crippen molar-refractivity contribution in [1.29, 1.82) is 0 Å². The minimum absolute atomic E-state index is 0.152. The Morgan fingerprint density at radius 3 is 2.79 bits per heavy atom. The monoisotopic (exact) mass is 282 g/mol. The van der Waals surface area contributed by atoms with E-state index in [1.165, 1.54) is 0 Å². The molecule has 0 aliphatic heterocycles. The highest BCUT2D eigenvalue weighted by Gasteiger charge is 2.11. The minimum Gasteiger partial charge on any atom is -0.369 e. The van der Waals surface area contributed by atoms with Crippen LogP contribution in [0.5, 0.6) is 0 Å². The first-order valence-corrected chi connectivity index (χ1v) is 7.94. The Morgan fingerprint density at radius 2 is 2.21 bits per heavy atom. The first kappa shape index (κ1) is 15.8. The molecule has 1 unspecified atom stereocenters. The van der Waals surface area contributed by atoms with E-state index in [0.717, 1.165) is 25.1 Å². The number of hydrogen-bond donors (Lipinski definition) is 2. The van der Waals surface area contributed by atoms with Crippen molar-refractivity contribution in [2.45, 2.75) is 32.7 Å². The number of carbonyl (C=O) groups is 1. The van der Waals surface area contributed by atoms with Crippen LogP contribution in [0, 0.1) is 0 Å². The molecule has 0 aromatic carbocycles. The molecule has 0 bridgehead atoms. The van der Waals surface area contributed by atoms with Crippen LogP contribution in [0.1, 0.15) is 37.2 Å². The molecule has 1 atom stereocenters. The van der Waals surface area contributed by atoms with E-state index in [-0.39, 0.29) is 11.9 Å². The summed E-state index contributed by atoms with van der Waals surface area (Å²) >= 11 is 1.77. The molecule has 0 radical (unpaired) electrons. The molecule has 2 N–H and O–H groups in total. The number of rotatable bonds is 8. The highest BCUT2D eigenvalue weighted by molar-refractivity contribution is 7.98. The zero-order valence-corrected chi connectivity index (χ0v) is 12.6. The fourth-order valence-corrected chi connectivity index (χ4v) is 2.05. The summed E-state index contributed by atoms with van der Waals surface area (Å²) in [5, 5.41) is 14.0. The number of nitrogens with zero attached hydrogens (tertiary/aromatic N) is 2. The largest absolute Gasteiger partial charge is 0.369 e. The van der Waals surface area contributed by atoms with Crippen molar-refractivity contribution in [3.63, 3.8) is 0 Å². The summed E-state index contributed by atoms with van der Waals surface area (Å²) in [5.74, 6) is 1.57. The van der Waals surface area contributed by atoms with Gasteiger partial charge in [0.2, 0.25) is 0 Å². The van der Waals surface area contributed by atoms with Gasteiger partial charge in [0.05, 0.1) is 0 Å². The second-order valence-corrected chi connectivity index (χ2v) is 5.37. The summed E-state index contributed by atoms with van der Waals surface area (Å²) in [7, 11) is 0. The van der Waals surface area contributed by atoms with Gasteiger partial charge in [-0.2, -0.15) is 11.8 Å². The summed E-state index contributed by atoms with van der Waals surface area (Å²) in [6.45, 7) is 4.93. The van der Waals surface area contributed by atoms with Crippen LogP contribution >= 0.6 is 11.8 Å². The topological polar surface area (TPSA) is 66.9 Å². The average molecular weight is 282 g/mol. The normalized spacial score (nSPS) is 11.9. The van der Waals surface area contributed by atoms with Crippen LogP contribution in [0.4, 0.5) is 5.82 Å². The molecule has 1 aromatic heterocycles. The van der Waals surface area contributed by atoms with Crippen LogP contribution in [0.25, 0.3) is 0 Å². The van der Waals surface area contributed by atoms with E-state index < -0.39 is 0 Å². The van der Waals surface area contributed by atoms with Gasteiger partial charge in [0.25, 0.3) is 5.91 Å². The molecule has 0 spiro atoms. The van der Waals surface area contributed by atoms with E-state index in [9.17, 15) is 4.79 Å². The van der Waals surface area contributed by atoms with E-state index in [2.05, 4.69) is 34.0 Å². The lowest BCUT2D eigenvalue weighted by molar-refractivity contribution is 0.0933. The summed E-state index contributed by atoms with van der Waals surface area (Å²) < 4.78 is 0. The molecule has 5 nitrogen and oxygen atoms in total. The molecule has 106 valence electrons. The van der Waals surface area contributed by atoms with E-state index in [0.29, 0.717) is 11.5 Å². The van der Waals surface area contributed by atoms with Crippen molar-refractivity contribution >= 4 is 23.5 Å². The van der Waals surface area contributed by atoms with Crippen molar-refractivity contribution < 1.29 is 4.79 Å². The third-order valence-corrected chi connectivity index (χ3v) is 3.23. The number of carbonyl (C=O) groups excluding carboxylic acids is 1.